The van der Waals surface area contributed by atoms with Crippen LogP contribution in [0.15, 0.2) is 54.7 Å². The zero-order valence-corrected chi connectivity index (χ0v) is 16.1. The van der Waals surface area contributed by atoms with Gasteiger partial charge < -0.3 is 10.2 Å². The average Bonchev–Trinajstić information content (AvgIpc) is 2.68. The maximum absolute atomic E-state index is 13.4. The van der Waals surface area contributed by atoms with Gasteiger partial charge in [-0.1, -0.05) is 26.0 Å². The minimum Gasteiger partial charge on any atom is -0.340 e. The van der Waals surface area contributed by atoms with Crippen LogP contribution in [-0.4, -0.2) is 17.0 Å². The third-order valence-corrected chi connectivity index (χ3v) is 4.44. The highest BCUT2D eigenvalue weighted by Crippen LogP contribution is 2.36. The van der Waals surface area contributed by atoms with Crippen LogP contribution in [0.25, 0.3) is 0 Å². The van der Waals surface area contributed by atoms with Gasteiger partial charge in [0.05, 0.1) is 0 Å². The smallest absolute Gasteiger partial charge is 0.340 e. The van der Waals surface area contributed by atoms with Crippen molar-refractivity contribution < 1.29 is 17.6 Å². The summed E-state index contributed by atoms with van der Waals surface area (Å²) >= 11 is 0. The van der Waals surface area contributed by atoms with Crippen molar-refractivity contribution in [1.29, 1.82) is 0 Å². The fourth-order valence-corrected chi connectivity index (χ4v) is 2.71. The van der Waals surface area contributed by atoms with Crippen molar-refractivity contribution in [3.63, 3.8) is 0 Å². The minimum absolute atomic E-state index is 0.0971. The van der Waals surface area contributed by atoms with Crippen LogP contribution in [0.1, 0.15) is 30.9 Å². The zero-order chi connectivity index (χ0) is 21.2. The first-order valence-electron chi connectivity index (χ1n) is 8.95. The number of halogens is 4. The third kappa shape index (κ3) is 4.82. The lowest BCUT2D eigenvalue weighted by molar-refractivity contribution is -0.137. The molecule has 4 nitrogen and oxygen atoms in total. The van der Waals surface area contributed by atoms with Crippen molar-refractivity contribution in [2.45, 2.75) is 25.9 Å². The van der Waals surface area contributed by atoms with Crippen LogP contribution < -0.4 is 10.2 Å². The predicted octanol–water partition coefficient (Wildman–Crippen LogP) is 6.27. The number of rotatable bonds is 5. The fourth-order valence-electron chi connectivity index (χ4n) is 2.71. The number of nitrogens with one attached hydrogen (secondary N) is 1. The van der Waals surface area contributed by atoms with E-state index < -0.39 is 23.4 Å². The largest absolute Gasteiger partial charge is 0.421 e. The van der Waals surface area contributed by atoms with Crippen molar-refractivity contribution in [2.24, 2.45) is 0 Å². The maximum atomic E-state index is 13.4. The normalized spacial score (nSPS) is 11.6. The fraction of sp³-hybridized carbons (Fsp3) is 0.238. The van der Waals surface area contributed by atoms with Crippen molar-refractivity contribution in [3.8, 4) is 0 Å². The molecule has 1 N–H and O–H groups in total. The number of alkyl halides is 3. The highest BCUT2D eigenvalue weighted by atomic mass is 19.4. The van der Waals surface area contributed by atoms with Crippen LogP contribution in [0.5, 0.6) is 0 Å². The monoisotopic (exact) mass is 404 g/mol. The summed E-state index contributed by atoms with van der Waals surface area (Å²) in [6.45, 7) is 4.15. The number of aromatic nitrogens is 2. The van der Waals surface area contributed by atoms with Crippen LogP contribution >= 0.6 is 0 Å². The summed E-state index contributed by atoms with van der Waals surface area (Å²) < 4.78 is 53.3. The van der Waals surface area contributed by atoms with Gasteiger partial charge in [-0.25, -0.2) is 9.37 Å². The molecule has 0 aliphatic heterocycles. The van der Waals surface area contributed by atoms with Gasteiger partial charge >= 0.3 is 6.18 Å². The second-order valence-electron chi connectivity index (χ2n) is 6.87. The molecule has 0 saturated heterocycles. The van der Waals surface area contributed by atoms with Gasteiger partial charge in [0.2, 0.25) is 5.95 Å². The van der Waals surface area contributed by atoms with Gasteiger partial charge in [0.15, 0.2) is 0 Å². The Kier molecular flexibility index (Phi) is 5.72. The molecule has 0 spiro atoms. The van der Waals surface area contributed by atoms with Crippen LogP contribution in [0.4, 0.5) is 40.7 Å². The Hall–Kier alpha value is -3.16. The molecule has 0 fully saturated rings. The van der Waals surface area contributed by atoms with Crippen LogP contribution in [-0.2, 0) is 6.18 Å². The molecule has 0 radical (unpaired) electrons. The number of benzene rings is 2. The van der Waals surface area contributed by atoms with E-state index in [0.717, 1.165) is 29.6 Å². The predicted molar refractivity (Wildman–Crippen MR) is 105 cm³/mol. The van der Waals surface area contributed by atoms with Gasteiger partial charge in [0.25, 0.3) is 0 Å². The molecule has 0 aliphatic carbocycles. The van der Waals surface area contributed by atoms with E-state index in [4.69, 9.17) is 0 Å². The van der Waals surface area contributed by atoms with Gasteiger partial charge in [-0.2, -0.15) is 18.2 Å². The van der Waals surface area contributed by atoms with E-state index in [1.54, 1.807) is 11.9 Å². The lowest BCUT2D eigenvalue weighted by Crippen LogP contribution is -2.17. The van der Waals surface area contributed by atoms with E-state index in [1.807, 2.05) is 24.3 Å². The maximum Gasteiger partial charge on any atom is 0.421 e. The van der Waals surface area contributed by atoms with E-state index in [9.17, 15) is 17.6 Å². The highest BCUT2D eigenvalue weighted by molar-refractivity contribution is 5.64. The minimum atomic E-state index is -4.64. The van der Waals surface area contributed by atoms with Gasteiger partial charge in [0, 0.05) is 24.6 Å². The molecule has 3 aromatic rings. The molecule has 1 aromatic heterocycles. The summed E-state index contributed by atoms with van der Waals surface area (Å²) in [5.41, 5.74) is 1.16. The van der Waals surface area contributed by atoms with Crippen LogP contribution in [0.3, 0.4) is 0 Å². The molecule has 2 aromatic carbocycles. The van der Waals surface area contributed by atoms with E-state index in [1.165, 1.54) is 12.1 Å². The summed E-state index contributed by atoms with van der Waals surface area (Å²) in [6.07, 6.45) is -3.90. The van der Waals surface area contributed by atoms with Crippen LogP contribution in [0, 0.1) is 5.82 Å². The number of anilines is 4. The Balaban J connectivity index is 1.96. The molecule has 0 unspecified atom stereocenters. The molecular formula is C21H20F4N4. The summed E-state index contributed by atoms with van der Waals surface area (Å²) in [7, 11) is 1.68. The molecular weight excluding hydrogens is 384 g/mol. The molecule has 0 aliphatic rings. The Labute approximate surface area is 166 Å². The molecule has 29 heavy (non-hydrogen) atoms. The molecule has 8 heteroatoms. The number of hydrogen-bond donors (Lipinski definition) is 1. The number of hydrogen-bond acceptors (Lipinski definition) is 4. The number of nitrogens with zero attached hydrogens (tertiary/aromatic N) is 3. The molecule has 3 rings (SSSR count). The van der Waals surface area contributed by atoms with Crippen molar-refractivity contribution in [1.82, 2.24) is 9.97 Å². The molecule has 0 bridgehead atoms. The molecule has 0 amide bonds. The quantitative estimate of drug-likeness (QED) is 0.509. The van der Waals surface area contributed by atoms with E-state index >= 15 is 0 Å². The summed E-state index contributed by atoms with van der Waals surface area (Å²) in [6, 6.07) is 12.6. The first-order chi connectivity index (χ1) is 13.6. The summed E-state index contributed by atoms with van der Waals surface area (Å²) in [5.74, 6) is -0.428. The standard InChI is InChI=1S/C21H20F4N4/c1-13(2)14-4-10-17(11-5-14)29(3)20-26-12-18(21(23,24)25)19(28-20)27-16-8-6-15(22)7-9-16/h4-13H,1-3H3,(H,26,27,28). The Morgan fingerprint density at radius 3 is 2.14 bits per heavy atom. The van der Waals surface area contributed by atoms with E-state index in [-0.39, 0.29) is 11.6 Å². The highest BCUT2D eigenvalue weighted by Gasteiger charge is 2.35. The summed E-state index contributed by atoms with van der Waals surface area (Å²) in [4.78, 5) is 9.57. The van der Waals surface area contributed by atoms with Crippen molar-refractivity contribution >= 4 is 23.1 Å². The Morgan fingerprint density at radius 1 is 0.966 bits per heavy atom. The topological polar surface area (TPSA) is 41.1 Å². The molecule has 1 heterocycles. The Morgan fingerprint density at radius 2 is 1.59 bits per heavy atom. The molecule has 0 atom stereocenters. The van der Waals surface area contributed by atoms with Crippen molar-refractivity contribution in [2.75, 3.05) is 17.3 Å². The van der Waals surface area contributed by atoms with Gasteiger partial charge in [-0.3, -0.25) is 0 Å². The first-order valence-corrected chi connectivity index (χ1v) is 8.95. The van der Waals surface area contributed by atoms with Gasteiger partial charge in [-0.05, 0) is 47.9 Å². The van der Waals surface area contributed by atoms with Gasteiger partial charge in [0.1, 0.15) is 17.2 Å². The average molecular weight is 404 g/mol. The van der Waals surface area contributed by atoms with E-state index in [2.05, 4.69) is 29.1 Å². The summed E-state index contributed by atoms with van der Waals surface area (Å²) in [5, 5.41) is 2.61. The zero-order valence-electron chi connectivity index (χ0n) is 16.1. The third-order valence-electron chi connectivity index (χ3n) is 4.44. The lowest BCUT2D eigenvalue weighted by Gasteiger charge is -2.20. The van der Waals surface area contributed by atoms with Gasteiger partial charge in [-0.15, -0.1) is 0 Å². The second-order valence-corrected chi connectivity index (χ2v) is 6.87. The second kappa shape index (κ2) is 8.06. The molecule has 152 valence electrons. The lowest BCUT2D eigenvalue weighted by atomic mass is 10.0. The Bertz CT molecular complexity index is 967. The van der Waals surface area contributed by atoms with E-state index in [0.29, 0.717) is 5.92 Å². The van der Waals surface area contributed by atoms with Crippen molar-refractivity contribution in [3.05, 3.63) is 71.7 Å². The first kappa shape index (κ1) is 20.6. The van der Waals surface area contributed by atoms with Crippen LogP contribution in [0.2, 0.25) is 0 Å². The molecule has 0 saturated carbocycles. The SMILES string of the molecule is CC(C)c1ccc(N(C)c2ncc(C(F)(F)F)c(Nc3ccc(F)cc3)n2)cc1.